The number of rotatable bonds is 4. The van der Waals surface area contributed by atoms with E-state index >= 15 is 0 Å². The maximum Gasteiger partial charge on any atom is 0.310 e. The van der Waals surface area contributed by atoms with Gasteiger partial charge in [0.25, 0.3) is 0 Å². The van der Waals surface area contributed by atoms with Crippen LogP contribution in [0.1, 0.15) is 37.5 Å². The number of halogens is 4. The van der Waals surface area contributed by atoms with Crippen LogP contribution < -0.4 is 0 Å². The monoisotopic (exact) mass is 564 g/mol. The standard InChI is InChI=1S/C21H20Br2Cl2O2S/c1-18(2)19(3,17(26)27)20(18,16(22)21(23,24)25)14-6-4-5-13-12(14)8-7-11-9-10-28-15(11)13/h4-6,9-10,16H,7-8H2,1-3H3,(H,26,27)/t16?,19-,20?/m1/s1. The van der Waals surface area contributed by atoms with Crippen LogP contribution in [0.4, 0.5) is 0 Å². The minimum absolute atomic E-state index is 0.511. The summed E-state index contributed by atoms with van der Waals surface area (Å²) in [5.41, 5.74) is 2.44. The van der Waals surface area contributed by atoms with Crippen molar-refractivity contribution >= 4 is 72.4 Å². The molecule has 7 heteroatoms. The van der Waals surface area contributed by atoms with Crippen LogP contribution >= 0.6 is 66.4 Å². The molecule has 28 heavy (non-hydrogen) atoms. The van der Waals surface area contributed by atoms with Crippen LogP contribution in [0.2, 0.25) is 0 Å². The molecule has 1 aromatic heterocycles. The van der Waals surface area contributed by atoms with E-state index in [9.17, 15) is 9.90 Å². The summed E-state index contributed by atoms with van der Waals surface area (Å²) in [6.45, 7) is 5.82. The first-order valence-corrected chi connectivity index (χ1v) is 12.4. The number of fused-ring (bicyclic) bond motifs is 3. The topological polar surface area (TPSA) is 37.3 Å². The number of alkyl halides is 4. The molecule has 0 aliphatic heterocycles. The summed E-state index contributed by atoms with van der Waals surface area (Å²) in [5, 5.41) is 12.4. The molecule has 3 atom stereocenters. The van der Waals surface area contributed by atoms with E-state index in [-0.39, 0.29) is 0 Å². The second-order valence-electron chi connectivity index (χ2n) is 8.37. The first-order valence-electron chi connectivity index (χ1n) is 9.05. The Morgan fingerprint density at radius 1 is 1.25 bits per heavy atom. The molecule has 1 heterocycles. The van der Waals surface area contributed by atoms with Gasteiger partial charge in [-0.3, -0.25) is 4.79 Å². The lowest BCUT2D eigenvalue weighted by molar-refractivity contribution is -0.144. The molecule has 4 rings (SSSR count). The van der Waals surface area contributed by atoms with Crippen LogP contribution in [0.15, 0.2) is 29.6 Å². The second-order valence-corrected chi connectivity index (χ2v) is 13.8. The molecule has 0 bridgehead atoms. The highest BCUT2D eigenvalue weighted by atomic mass is 79.9. The molecule has 1 saturated carbocycles. The Labute approximate surface area is 195 Å². The van der Waals surface area contributed by atoms with Gasteiger partial charge in [0.15, 0.2) is 3.24 Å². The van der Waals surface area contributed by atoms with Crippen LogP contribution in [0.5, 0.6) is 0 Å². The molecule has 2 unspecified atom stereocenters. The van der Waals surface area contributed by atoms with Crippen molar-refractivity contribution in [1.82, 2.24) is 0 Å². The fourth-order valence-electron chi connectivity index (χ4n) is 5.59. The van der Waals surface area contributed by atoms with Gasteiger partial charge in [-0.25, -0.2) is 0 Å². The predicted octanol–water partition coefficient (Wildman–Crippen LogP) is 7.17. The van der Waals surface area contributed by atoms with Crippen LogP contribution in [0.3, 0.4) is 0 Å². The molecular formula is C21H20Br2Cl2O2S. The lowest BCUT2D eigenvalue weighted by Gasteiger charge is -2.35. The number of aliphatic carboxylic acids is 1. The lowest BCUT2D eigenvalue weighted by atomic mass is 9.76. The highest BCUT2D eigenvalue weighted by Crippen LogP contribution is 2.83. The minimum Gasteiger partial charge on any atom is -0.481 e. The quantitative estimate of drug-likeness (QED) is 0.398. The van der Waals surface area contributed by atoms with E-state index in [1.807, 2.05) is 26.8 Å². The molecule has 1 fully saturated rings. The van der Waals surface area contributed by atoms with Gasteiger partial charge >= 0.3 is 5.97 Å². The zero-order valence-electron chi connectivity index (χ0n) is 15.7. The SMILES string of the molecule is CC1(C)C(c2cccc3c2CCc2ccsc2-3)(C(Br)C(Cl)(Cl)Br)[C@]1(C)C(=O)O. The van der Waals surface area contributed by atoms with Gasteiger partial charge in [0, 0.05) is 10.3 Å². The number of thiophene rings is 1. The van der Waals surface area contributed by atoms with Crippen molar-refractivity contribution in [3.63, 3.8) is 0 Å². The molecular weight excluding hydrogens is 547 g/mol. The smallest absolute Gasteiger partial charge is 0.310 e. The van der Waals surface area contributed by atoms with Crippen molar-refractivity contribution in [1.29, 1.82) is 0 Å². The molecule has 2 aliphatic carbocycles. The Bertz CT molecular complexity index is 981. The van der Waals surface area contributed by atoms with Crippen molar-refractivity contribution in [2.45, 2.75) is 47.1 Å². The summed E-state index contributed by atoms with van der Waals surface area (Å²) >= 11 is 21.9. The normalized spacial score (nSPS) is 29.0. The Balaban J connectivity index is 2.03. The van der Waals surface area contributed by atoms with Crippen LogP contribution in [-0.2, 0) is 23.1 Å². The van der Waals surface area contributed by atoms with E-state index in [2.05, 4.69) is 55.4 Å². The number of carboxylic acids is 1. The average Bonchev–Trinajstić information content (AvgIpc) is 2.94. The van der Waals surface area contributed by atoms with Gasteiger partial charge in [0.05, 0.1) is 10.2 Å². The van der Waals surface area contributed by atoms with Gasteiger partial charge < -0.3 is 5.11 Å². The number of carboxylic acid groups (broad SMARTS) is 1. The molecule has 150 valence electrons. The predicted molar refractivity (Wildman–Crippen MR) is 124 cm³/mol. The molecule has 2 aromatic rings. The van der Waals surface area contributed by atoms with Crippen molar-refractivity contribution in [2.24, 2.45) is 10.8 Å². The third-order valence-electron chi connectivity index (χ3n) is 7.29. The van der Waals surface area contributed by atoms with E-state index in [1.54, 1.807) is 11.3 Å². The number of aryl methyl sites for hydroxylation is 1. The average molecular weight is 567 g/mol. The third kappa shape index (κ3) is 2.40. The summed E-state index contributed by atoms with van der Waals surface area (Å²) in [4.78, 5) is 13.3. The highest BCUT2D eigenvalue weighted by Gasteiger charge is 2.87. The number of carbonyl (C=O) groups is 1. The Morgan fingerprint density at radius 2 is 1.93 bits per heavy atom. The fourth-order valence-corrected chi connectivity index (χ4v) is 8.55. The van der Waals surface area contributed by atoms with Gasteiger partial charge in [-0.05, 0) is 74.8 Å². The summed E-state index contributed by atoms with van der Waals surface area (Å²) in [6.07, 6.45) is 1.83. The maximum atomic E-state index is 12.5. The van der Waals surface area contributed by atoms with E-state index in [0.717, 1.165) is 18.4 Å². The minimum atomic E-state index is -1.32. The van der Waals surface area contributed by atoms with Gasteiger partial charge in [-0.1, -0.05) is 71.2 Å². The summed E-state index contributed by atoms with van der Waals surface area (Å²) in [7, 11) is 0. The van der Waals surface area contributed by atoms with E-state index in [1.165, 1.54) is 21.6 Å². The van der Waals surface area contributed by atoms with Crippen LogP contribution in [0.25, 0.3) is 10.4 Å². The van der Waals surface area contributed by atoms with Crippen LogP contribution in [-0.4, -0.2) is 19.1 Å². The summed E-state index contributed by atoms with van der Waals surface area (Å²) < 4.78 is -1.32. The van der Waals surface area contributed by atoms with Crippen molar-refractivity contribution < 1.29 is 9.90 Å². The second kappa shape index (κ2) is 6.46. The lowest BCUT2D eigenvalue weighted by Crippen LogP contribution is -2.40. The van der Waals surface area contributed by atoms with Crippen molar-refractivity contribution in [3.05, 3.63) is 46.3 Å². The number of benzene rings is 1. The van der Waals surface area contributed by atoms with Crippen molar-refractivity contribution in [3.8, 4) is 10.4 Å². The maximum absolute atomic E-state index is 12.5. The van der Waals surface area contributed by atoms with Gasteiger partial charge in [-0.2, -0.15) is 0 Å². The largest absolute Gasteiger partial charge is 0.481 e. The van der Waals surface area contributed by atoms with Gasteiger partial charge in [0.1, 0.15) is 0 Å². The molecule has 0 saturated heterocycles. The molecule has 1 aromatic carbocycles. The number of hydrogen-bond acceptors (Lipinski definition) is 2. The first-order chi connectivity index (χ1) is 12.9. The fraction of sp³-hybridized carbons (Fsp3) is 0.476. The van der Waals surface area contributed by atoms with E-state index < -0.39 is 30.3 Å². The molecule has 2 nitrogen and oxygen atoms in total. The van der Waals surface area contributed by atoms with Crippen LogP contribution in [0, 0.1) is 10.8 Å². The van der Waals surface area contributed by atoms with E-state index in [4.69, 9.17) is 23.2 Å². The van der Waals surface area contributed by atoms with E-state index in [0.29, 0.717) is 0 Å². The Hall–Kier alpha value is -0.0700. The molecule has 0 spiro atoms. The first kappa shape index (κ1) is 21.2. The van der Waals surface area contributed by atoms with Gasteiger partial charge in [0.2, 0.25) is 0 Å². The third-order valence-corrected chi connectivity index (χ3v) is 11.7. The number of hydrogen-bond donors (Lipinski definition) is 1. The summed E-state index contributed by atoms with van der Waals surface area (Å²) in [6, 6.07) is 8.41. The van der Waals surface area contributed by atoms with Gasteiger partial charge in [-0.15, -0.1) is 11.3 Å². The highest BCUT2D eigenvalue weighted by molar-refractivity contribution is 9.13. The summed E-state index contributed by atoms with van der Waals surface area (Å²) in [5.74, 6) is -0.836. The Morgan fingerprint density at radius 3 is 2.50 bits per heavy atom. The molecule has 0 radical (unpaired) electrons. The molecule has 1 N–H and O–H groups in total. The zero-order valence-corrected chi connectivity index (χ0v) is 21.2. The van der Waals surface area contributed by atoms with Crippen molar-refractivity contribution in [2.75, 3.05) is 0 Å². The zero-order chi connectivity index (χ0) is 20.7. The molecule has 2 aliphatic rings. The Kier molecular flexibility index (Phi) is 4.89. The molecule has 0 amide bonds.